The van der Waals surface area contributed by atoms with Crippen LogP contribution in [0.15, 0.2) is 109 Å². The van der Waals surface area contributed by atoms with Crippen molar-refractivity contribution in [3.05, 3.63) is 126 Å². The Bertz CT molecular complexity index is 1240. The first kappa shape index (κ1) is 22.8. The molecular formula is C29H26N2O3. The van der Waals surface area contributed by atoms with Gasteiger partial charge in [-0.3, -0.25) is 9.59 Å². The highest BCUT2D eigenvalue weighted by Crippen LogP contribution is 2.21. The number of ether oxygens (including phenoxy) is 1. The van der Waals surface area contributed by atoms with Crippen molar-refractivity contribution in [2.24, 2.45) is 0 Å². The Morgan fingerprint density at radius 2 is 1.38 bits per heavy atom. The van der Waals surface area contributed by atoms with Crippen LogP contribution in [-0.2, 0) is 6.42 Å². The van der Waals surface area contributed by atoms with Crippen LogP contribution in [0.4, 0.5) is 11.4 Å². The molecule has 0 unspecified atom stereocenters. The van der Waals surface area contributed by atoms with Gasteiger partial charge in [0, 0.05) is 30.4 Å². The Morgan fingerprint density at radius 1 is 0.765 bits per heavy atom. The van der Waals surface area contributed by atoms with Crippen molar-refractivity contribution in [1.29, 1.82) is 0 Å². The zero-order chi connectivity index (χ0) is 23.8. The molecule has 1 N–H and O–H groups in total. The Hall–Kier alpha value is -4.38. The Kier molecular flexibility index (Phi) is 7.35. The lowest BCUT2D eigenvalue weighted by Gasteiger charge is -2.17. The SMILES string of the molecule is CN(C(=O)c1ccc(NC(=O)c2ccccc2OCCc2ccccc2)cc1)c1ccccc1. The van der Waals surface area contributed by atoms with E-state index in [1.54, 1.807) is 54.4 Å². The van der Waals surface area contributed by atoms with E-state index >= 15 is 0 Å². The fourth-order valence-corrected chi connectivity index (χ4v) is 3.56. The van der Waals surface area contributed by atoms with Gasteiger partial charge in [0.1, 0.15) is 5.75 Å². The average Bonchev–Trinajstić information content (AvgIpc) is 2.89. The first-order valence-corrected chi connectivity index (χ1v) is 11.1. The highest BCUT2D eigenvalue weighted by atomic mass is 16.5. The van der Waals surface area contributed by atoms with Gasteiger partial charge in [0.15, 0.2) is 0 Å². The van der Waals surface area contributed by atoms with Crippen molar-refractivity contribution in [3.8, 4) is 5.75 Å². The van der Waals surface area contributed by atoms with Crippen molar-refractivity contribution in [2.75, 3.05) is 23.9 Å². The first-order valence-electron chi connectivity index (χ1n) is 11.1. The molecule has 0 heterocycles. The number of rotatable bonds is 8. The molecule has 0 atom stereocenters. The lowest BCUT2D eigenvalue weighted by Crippen LogP contribution is -2.26. The van der Waals surface area contributed by atoms with E-state index in [1.165, 1.54) is 5.56 Å². The standard InChI is InChI=1S/C29H26N2O3/c1-31(25-12-6-3-7-13-25)29(33)23-16-18-24(19-17-23)30-28(32)26-14-8-9-15-27(26)34-21-20-22-10-4-2-5-11-22/h2-19H,20-21H2,1H3,(H,30,32). The second kappa shape index (κ2) is 11.0. The van der Waals surface area contributed by atoms with E-state index in [4.69, 9.17) is 4.74 Å². The van der Waals surface area contributed by atoms with Crippen LogP contribution >= 0.6 is 0 Å². The number of amides is 2. The summed E-state index contributed by atoms with van der Waals surface area (Å²) < 4.78 is 5.91. The van der Waals surface area contributed by atoms with Gasteiger partial charge < -0.3 is 15.0 Å². The smallest absolute Gasteiger partial charge is 0.259 e. The highest BCUT2D eigenvalue weighted by Gasteiger charge is 2.15. The van der Waals surface area contributed by atoms with Crippen molar-refractivity contribution in [3.63, 3.8) is 0 Å². The van der Waals surface area contributed by atoms with Gasteiger partial charge in [-0.2, -0.15) is 0 Å². The van der Waals surface area contributed by atoms with E-state index < -0.39 is 0 Å². The number of nitrogens with one attached hydrogen (secondary N) is 1. The number of carbonyl (C=O) groups excluding carboxylic acids is 2. The maximum absolute atomic E-state index is 12.9. The summed E-state index contributed by atoms with van der Waals surface area (Å²) in [7, 11) is 1.74. The monoisotopic (exact) mass is 450 g/mol. The number of hydrogen-bond acceptors (Lipinski definition) is 3. The van der Waals surface area contributed by atoms with Crippen molar-refractivity contribution in [2.45, 2.75) is 6.42 Å². The predicted molar refractivity (Wildman–Crippen MR) is 136 cm³/mol. The number of para-hydroxylation sites is 2. The highest BCUT2D eigenvalue weighted by molar-refractivity contribution is 6.08. The summed E-state index contributed by atoms with van der Waals surface area (Å²) in [4.78, 5) is 27.3. The van der Waals surface area contributed by atoms with Gasteiger partial charge in [-0.15, -0.1) is 0 Å². The molecule has 5 nitrogen and oxygen atoms in total. The molecule has 2 amide bonds. The zero-order valence-electron chi connectivity index (χ0n) is 19.0. The van der Waals surface area contributed by atoms with Crippen LogP contribution in [0.2, 0.25) is 0 Å². The molecule has 34 heavy (non-hydrogen) atoms. The molecule has 0 bridgehead atoms. The predicted octanol–water partition coefficient (Wildman–Crippen LogP) is 5.84. The number of hydrogen-bond donors (Lipinski definition) is 1. The first-order chi connectivity index (χ1) is 16.6. The van der Waals surface area contributed by atoms with Crippen LogP contribution in [0, 0.1) is 0 Å². The van der Waals surface area contributed by atoms with Crippen molar-refractivity contribution >= 4 is 23.2 Å². The van der Waals surface area contributed by atoms with Crippen LogP contribution in [0.5, 0.6) is 5.75 Å². The second-order valence-electron chi connectivity index (χ2n) is 7.81. The maximum Gasteiger partial charge on any atom is 0.259 e. The zero-order valence-corrected chi connectivity index (χ0v) is 19.0. The number of anilines is 2. The van der Waals surface area contributed by atoms with Crippen LogP contribution in [0.25, 0.3) is 0 Å². The van der Waals surface area contributed by atoms with Crippen LogP contribution in [-0.4, -0.2) is 25.5 Å². The lowest BCUT2D eigenvalue weighted by atomic mass is 10.1. The van der Waals surface area contributed by atoms with E-state index in [-0.39, 0.29) is 11.8 Å². The molecule has 0 aliphatic carbocycles. The number of nitrogens with zero attached hydrogens (tertiary/aromatic N) is 1. The molecule has 4 rings (SSSR count). The van der Waals surface area contributed by atoms with Crippen molar-refractivity contribution in [1.82, 2.24) is 0 Å². The van der Waals surface area contributed by atoms with E-state index in [1.807, 2.05) is 66.7 Å². The molecule has 4 aromatic carbocycles. The van der Waals surface area contributed by atoms with Gasteiger partial charge in [0.2, 0.25) is 0 Å². The molecule has 0 saturated carbocycles. The van der Waals surface area contributed by atoms with Gasteiger partial charge in [0.05, 0.1) is 12.2 Å². The van der Waals surface area contributed by atoms with Crippen LogP contribution < -0.4 is 15.0 Å². The average molecular weight is 451 g/mol. The minimum absolute atomic E-state index is 0.124. The molecule has 5 heteroatoms. The minimum atomic E-state index is -0.268. The van der Waals surface area contributed by atoms with E-state index in [0.717, 1.165) is 12.1 Å². The summed E-state index contributed by atoms with van der Waals surface area (Å²) in [5, 5.41) is 2.89. The summed E-state index contributed by atoms with van der Waals surface area (Å²) in [6.45, 7) is 0.472. The third-order valence-corrected chi connectivity index (χ3v) is 5.46. The molecule has 0 aliphatic rings. The third-order valence-electron chi connectivity index (χ3n) is 5.46. The Morgan fingerprint density at radius 3 is 2.09 bits per heavy atom. The molecule has 0 aromatic heterocycles. The molecular weight excluding hydrogens is 424 g/mol. The molecule has 0 spiro atoms. The quantitative estimate of drug-likeness (QED) is 0.367. The summed E-state index contributed by atoms with van der Waals surface area (Å²) in [6, 6.07) is 33.6. The summed E-state index contributed by atoms with van der Waals surface area (Å²) >= 11 is 0. The van der Waals surface area contributed by atoms with Gasteiger partial charge in [-0.05, 0) is 54.1 Å². The Balaban J connectivity index is 1.39. The summed E-state index contributed by atoms with van der Waals surface area (Å²) in [5.41, 5.74) is 3.59. The summed E-state index contributed by atoms with van der Waals surface area (Å²) in [5.74, 6) is 0.143. The molecule has 4 aromatic rings. The largest absolute Gasteiger partial charge is 0.492 e. The fourth-order valence-electron chi connectivity index (χ4n) is 3.56. The van der Waals surface area contributed by atoms with Crippen LogP contribution in [0.3, 0.4) is 0 Å². The van der Waals surface area contributed by atoms with Gasteiger partial charge >= 0.3 is 0 Å². The number of carbonyl (C=O) groups is 2. The summed E-state index contributed by atoms with van der Waals surface area (Å²) in [6.07, 6.45) is 0.754. The fraction of sp³-hybridized carbons (Fsp3) is 0.103. The van der Waals surface area contributed by atoms with E-state index in [2.05, 4.69) is 5.32 Å². The molecule has 0 fully saturated rings. The topological polar surface area (TPSA) is 58.6 Å². The van der Waals surface area contributed by atoms with Gasteiger partial charge in [0.25, 0.3) is 11.8 Å². The van der Waals surface area contributed by atoms with Gasteiger partial charge in [-0.1, -0.05) is 60.7 Å². The Labute approximate surface area is 199 Å². The minimum Gasteiger partial charge on any atom is -0.492 e. The number of benzene rings is 4. The van der Waals surface area contributed by atoms with E-state index in [9.17, 15) is 9.59 Å². The van der Waals surface area contributed by atoms with E-state index in [0.29, 0.717) is 29.2 Å². The molecule has 0 radical (unpaired) electrons. The normalized spacial score (nSPS) is 10.4. The molecule has 170 valence electrons. The third kappa shape index (κ3) is 5.70. The van der Waals surface area contributed by atoms with Crippen molar-refractivity contribution < 1.29 is 14.3 Å². The van der Waals surface area contributed by atoms with Gasteiger partial charge in [-0.25, -0.2) is 0 Å². The van der Waals surface area contributed by atoms with Crippen LogP contribution in [0.1, 0.15) is 26.3 Å². The maximum atomic E-state index is 12.9. The molecule has 0 saturated heterocycles. The molecule has 0 aliphatic heterocycles. The lowest BCUT2D eigenvalue weighted by molar-refractivity contribution is 0.0991. The second-order valence-corrected chi connectivity index (χ2v) is 7.81.